The van der Waals surface area contributed by atoms with Gasteiger partial charge in [-0.05, 0) is 19.8 Å². The van der Waals surface area contributed by atoms with Crippen LogP contribution in [-0.4, -0.2) is 27.6 Å². The lowest BCUT2D eigenvalue weighted by Gasteiger charge is -2.21. The van der Waals surface area contributed by atoms with Gasteiger partial charge in [0.1, 0.15) is 5.78 Å². The molecule has 0 aromatic rings. The molecule has 0 radical (unpaired) electrons. The molecular weight excluding hydrogens is 220 g/mol. The van der Waals surface area contributed by atoms with Gasteiger partial charge in [0.15, 0.2) is 5.60 Å². The molecule has 0 rings (SSSR count). The molecule has 4 nitrogen and oxygen atoms in total. The van der Waals surface area contributed by atoms with E-state index in [0.717, 1.165) is 19.3 Å². The van der Waals surface area contributed by atoms with Crippen molar-refractivity contribution in [2.24, 2.45) is 0 Å². The molecule has 100 valence electrons. The highest BCUT2D eigenvalue weighted by molar-refractivity contribution is 5.86. The number of carboxylic acids is 1. The molecule has 1 atom stereocenters. The first-order valence-corrected chi connectivity index (χ1v) is 6.37. The van der Waals surface area contributed by atoms with Gasteiger partial charge in [-0.25, -0.2) is 4.79 Å². The van der Waals surface area contributed by atoms with Crippen LogP contribution in [0.4, 0.5) is 0 Å². The average Bonchev–Trinajstić information content (AvgIpc) is 2.22. The van der Waals surface area contributed by atoms with Gasteiger partial charge in [0.05, 0.1) is 0 Å². The Morgan fingerprint density at radius 1 is 1.06 bits per heavy atom. The van der Waals surface area contributed by atoms with Gasteiger partial charge in [-0.2, -0.15) is 0 Å². The molecule has 0 amide bonds. The van der Waals surface area contributed by atoms with E-state index in [0.29, 0.717) is 6.42 Å². The Bertz CT molecular complexity index is 250. The molecular formula is C13H24O4. The van der Waals surface area contributed by atoms with Gasteiger partial charge in [0.25, 0.3) is 0 Å². The van der Waals surface area contributed by atoms with E-state index in [9.17, 15) is 14.7 Å². The van der Waals surface area contributed by atoms with Crippen LogP contribution < -0.4 is 0 Å². The maximum atomic E-state index is 10.9. The largest absolute Gasteiger partial charge is 0.479 e. The molecule has 0 aliphatic carbocycles. The Hall–Kier alpha value is -0.900. The normalized spacial score (nSPS) is 14.3. The van der Waals surface area contributed by atoms with Gasteiger partial charge < -0.3 is 10.2 Å². The molecule has 17 heavy (non-hydrogen) atoms. The van der Waals surface area contributed by atoms with E-state index in [4.69, 9.17) is 5.11 Å². The lowest BCUT2D eigenvalue weighted by molar-refractivity contribution is -0.162. The average molecular weight is 244 g/mol. The number of unbranched alkanes of at least 4 members (excludes halogenated alkanes) is 5. The topological polar surface area (TPSA) is 74.6 Å². The molecule has 0 bridgehead atoms. The summed E-state index contributed by atoms with van der Waals surface area (Å²) in [6.45, 7) is 3.44. The zero-order valence-electron chi connectivity index (χ0n) is 10.9. The summed E-state index contributed by atoms with van der Waals surface area (Å²) in [7, 11) is 0. The van der Waals surface area contributed by atoms with Gasteiger partial charge >= 0.3 is 5.97 Å². The van der Waals surface area contributed by atoms with E-state index >= 15 is 0 Å². The molecule has 0 heterocycles. The van der Waals surface area contributed by atoms with E-state index in [-0.39, 0.29) is 18.6 Å². The van der Waals surface area contributed by atoms with Crippen molar-refractivity contribution in [3.63, 3.8) is 0 Å². The molecule has 4 heteroatoms. The van der Waals surface area contributed by atoms with Gasteiger partial charge in [-0.1, -0.05) is 39.0 Å². The first-order chi connectivity index (χ1) is 7.92. The zero-order valence-corrected chi connectivity index (χ0v) is 10.9. The number of ketones is 1. The Morgan fingerprint density at radius 2 is 1.59 bits per heavy atom. The quantitative estimate of drug-likeness (QED) is 0.579. The number of aliphatic hydroxyl groups is 1. The van der Waals surface area contributed by atoms with Crippen LogP contribution in [0.5, 0.6) is 0 Å². The Balaban J connectivity index is 3.93. The highest BCUT2D eigenvalue weighted by Crippen LogP contribution is 2.20. The third-order valence-corrected chi connectivity index (χ3v) is 2.88. The molecule has 0 saturated carbocycles. The summed E-state index contributed by atoms with van der Waals surface area (Å²) >= 11 is 0. The zero-order chi connectivity index (χ0) is 13.3. The summed E-state index contributed by atoms with van der Waals surface area (Å²) in [4.78, 5) is 21.8. The van der Waals surface area contributed by atoms with E-state index in [2.05, 4.69) is 6.92 Å². The van der Waals surface area contributed by atoms with E-state index in [1.807, 2.05) is 0 Å². The minimum absolute atomic E-state index is 0.161. The fourth-order valence-corrected chi connectivity index (χ4v) is 1.88. The molecule has 2 N–H and O–H groups in total. The lowest BCUT2D eigenvalue weighted by atomic mass is 9.91. The summed E-state index contributed by atoms with van der Waals surface area (Å²) in [5, 5.41) is 18.8. The van der Waals surface area contributed by atoms with Crippen LogP contribution in [0.25, 0.3) is 0 Å². The SMILES string of the molecule is CCCCCCCCC(O)(CC(C)=O)C(=O)O. The number of carboxylic acid groups (broad SMARTS) is 1. The Morgan fingerprint density at radius 3 is 2.06 bits per heavy atom. The van der Waals surface area contributed by atoms with Crippen molar-refractivity contribution in [2.75, 3.05) is 0 Å². The number of carbonyl (C=O) groups is 2. The lowest BCUT2D eigenvalue weighted by Crippen LogP contribution is -2.40. The number of hydrogen-bond acceptors (Lipinski definition) is 3. The van der Waals surface area contributed by atoms with E-state index < -0.39 is 11.6 Å². The predicted molar refractivity (Wildman–Crippen MR) is 65.9 cm³/mol. The number of aliphatic carboxylic acids is 1. The van der Waals surface area contributed by atoms with Crippen molar-refractivity contribution in [2.45, 2.75) is 70.8 Å². The van der Waals surface area contributed by atoms with E-state index in [1.165, 1.54) is 19.8 Å². The van der Waals surface area contributed by atoms with Crippen LogP contribution in [-0.2, 0) is 9.59 Å². The first kappa shape index (κ1) is 16.1. The van der Waals surface area contributed by atoms with Crippen molar-refractivity contribution < 1.29 is 19.8 Å². The highest BCUT2D eigenvalue weighted by atomic mass is 16.4. The van der Waals surface area contributed by atoms with Crippen LogP contribution >= 0.6 is 0 Å². The second kappa shape index (κ2) is 8.23. The highest BCUT2D eigenvalue weighted by Gasteiger charge is 2.36. The molecule has 1 unspecified atom stereocenters. The van der Waals surface area contributed by atoms with Crippen molar-refractivity contribution in [1.29, 1.82) is 0 Å². The van der Waals surface area contributed by atoms with Crippen LogP contribution in [0.2, 0.25) is 0 Å². The first-order valence-electron chi connectivity index (χ1n) is 6.37. The Kier molecular flexibility index (Phi) is 7.79. The second-order valence-electron chi connectivity index (χ2n) is 4.73. The van der Waals surface area contributed by atoms with Gasteiger partial charge in [0, 0.05) is 6.42 Å². The molecule has 0 aliphatic heterocycles. The van der Waals surface area contributed by atoms with Crippen molar-refractivity contribution in [3.05, 3.63) is 0 Å². The number of Topliss-reactive ketones (excluding diaryl/α,β-unsaturated/α-hetero) is 1. The van der Waals surface area contributed by atoms with Gasteiger partial charge in [0.2, 0.25) is 0 Å². The van der Waals surface area contributed by atoms with Crippen LogP contribution in [0.1, 0.15) is 65.2 Å². The molecule has 0 aliphatic rings. The van der Waals surface area contributed by atoms with Crippen molar-refractivity contribution >= 4 is 11.8 Å². The standard InChI is InChI=1S/C13H24O4/c1-3-4-5-6-7-8-9-13(17,12(15)16)10-11(2)14/h17H,3-10H2,1-2H3,(H,15,16). The second-order valence-corrected chi connectivity index (χ2v) is 4.73. The predicted octanol–water partition coefficient (Wildman–Crippen LogP) is 2.53. The van der Waals surface area contributed by atoms with Crippen LogP contribution in [0.15, 0.2) is 0 Å². The summed E-state index contributed by atoms with van der Waals surface area (Å²) in [5.74, 6) is -1.58. The number of rotatable bonds is 10. The van der Waals surface area contributed by atoms with Gasteiger partial charge in [-0.3, -0.25) is 4.79 Å². The summed E-state index contributed by atoms with van der Waals surface area (Å²) in [5.41, 5.74) is -1.86. The smallest absolute Gasteiger partial charge is 0.336 e. The summed E-state index contributed by atoms with van der Waals surface area (Å²) < 4.78 is 0. The van der Waals surface area contributed by atoms with Crippen LogP contribution in [0, 0.1) is 0 Å². The van der Waals surface area contributed by atoms with Crippen molar-refractivity contribution in [1.82, 2.24) is 0 Å². The minimum atomic E-state index is -1.86. The third-order valence-electron chi connectivity index (χ3n) is 2.88. The molecule has 0 spiro atoms. The fraction of sp³-hybridized carbons (Fsp3) is 0.846. The summed E-state index contributed by atoms with van der Waals surface area (Å²) in [6.07, 6.45) is 6.00. The molecule has 0 saturated heterocycles. The maximum absolute atomic E-state index is 10.9. The Labute approximate surface area is 103 Å². The number of carbonyl (C=O) groups excluding carboxylic acids is 1. The minimum Gasteiger partial charge on any atom is -0.479 e. The molecule has 0 aromatic carbocycles. The van der Waals surface area contributed by atoms with Crippen molar-refractivity contribution in [3.8, 4) is 0 Å². The number of hydrogen-bond donors (Lipinski definition) is 2. The fourth-order valence-electron chi connectivity index (χ4n) is 1.88. The monoisotopic (exact) mass is 244 g/mol. The van der Waals surface area contributed by atoms with Gasteiger partial charge in [-0.15, -0.1) is 0 Å². The van der Waals surface area contributed by atoms with E-state index in [1.54, 1.807) is 0 Å². The van der Waals surface area contributed by atoms with Crippen LogP contribution in [0.3, 0.4) is 0 Å². The molecule has 0 fully saturated rings. The maximum Gasteiger partial charge on any atom is 0.336 e. The molecule has 0 aromatic heterocycles. The summed E-state index contributed by atoms with van der Waals surface area (Å²) in [6, 6.07) is 0. The third kappa shape index (κ3) is 7.10.